The van der Waals surface area contributed by atoms with E-state index in [9.17, 15) is 21.6 Å². The molecule has 1 rings (SSSR count). The average molecular weight is 514 g/mol. The number of aliphatic imine (C=N–C) groups is 1. The van der Waals surface area contributed by atoms with Gasteiger partial charge >= 0.3 is 6.18 Å². The van der Waals surface area contributed by atoms with E-state index in [1.54, 1.807) is 18.4 Å². The highest BCUT2D eigenvalue weighted by Crippen LogP contribution is 2.19. The van der Waals surface area contributed by atoms with E-state index in [1.807, 2.05) is 0 Å². The fourth-order valence-electron chi connectivity index (χ4n) is 1.65. The summed E-state index contributed by atoms with van der Waals surface area (Å²) in [6, 6.07) is 3.17. The van der Waals surface area contributed by atoms with Gasteiger partial charge in [-0.3, -0.25) is 4.99 Å². The topological polar surface area (TPSA) is 73.8 Å². The Morgan fingerprint density at radius 3 is 2.56 bits per heavy atom. The lowest BCUT2D eigenvalue weighted by atomic mass is 10.4. The SMILES string of the molecule is CCNC(=NCCC(F)(F)F)NCCN(C)S(=O)(=O)c1cccs1.I. The second-order valence-electron chi connectivity index (χ2n) is 4.81. The molecule has 0 saturated heterocycles. The van der Waals surface area contributed by atoms with Crippen LogP contribution < -0.4 is 10.6 Å². The Bertz CT molecular complexity index is 622. The Balaban J connectivity index is 0.00000576. The summed E-state index contributed by atoms with van der Waals surface area (Å²) >= 11 is 1.13. The number of guanidine groups is 1. The Morgan fingerprint density at radius 2 is 2.04 bits per heavy atom. The largest absolute Gasteiger partial charge is 0.390 e. The minimum absolute atomic E-state index is 0. The number of alkyl halides is 3. The van der Waals surface area contributed by atoms with E-state index in [0.717, 1.165) is 11.3 Å². The van der Waals surface area contributed by atoms with Gasteiger partial charge in [0.1, 0.15) is 4.21 Å². The third-order valence-corrected chi connectivity index (χ3v) is 6.12. The maximum Gasteiger partial charge on any atom is 0.390 e. The number of halogens is 4. The smallest absolute Gasteiger partial charge is 0.357 e. The third-order valence-electron chi connectivity index (χ3n) is 2.89. The Hall–Kier alpha value is -0.600. The van der Waals surface area contributed by atoms with Crippen molar-refractivity contribution in [1.29, 1.82) is 0 Å². The number of hydrogen-bond donors (Lipinski definition) is 2. The molecule has 0 unspecified atom stereocenters. The van der Waals surface area contributed by atoms with E-state index in [-0.39, 0.29) is 53.8 Å². The zero-order valence-corrected chi connectivity index (χ0v) is 17.8. The van der Waals surface area contributed by atoms with E-state index < -0.39 is 22.6 Å². The van der Waals surface area contributed by atoms with Gasteiger partial charge in [0.2, 0.25) is 0 Å². The molecule has 6 nitrogen and oxygen atoms in total. The number of rotatable bonds is 8. The predicted molar refractivity (Wildman–Crippen MR) is 104 cm³/mol. The molecular formula is C13H22F3IN4O2S2. The molecule has 12 heteroatoms. The molecule has 0 radical (unpaired) electrons. The van der Waals surface area contributed by atoms with Crippen molar-refractivity contribution in [2.24, 2.45) is 4.99 Å². The van der Waals surface area contributed by atoms with Gasteiger partial charge in [-0.25, -0.2) is 8.42 Å². The van der Waals surface area contributed by atoms with Crippen LogP contribution in [0, 0.1) is 0 Å². The van der Waals surface area contributed by atoms with Gasteiger partial charge in [0.05, 0.1) is 13.0 Å². The zero-order valence-electron chi connectivity index (χ0n) is 13.8. The van der Waals surface area contributed by atoms with Gasteiger partial charge < -0.3 is 10.6 Å². The maximum absolute atomic E-state index is 12.2. The molecule has 0 spiro atoms. The van der Waals surface area contributed by atoms with E-state index >= 15 is 0 Å². The predicted octanol–water partition coefficient (Wildman–Crippen LogP) is 2.49. The molecular weight excluding hydrogens is 492 g/mol. The maximum atomic E-state index is 12.2. The van der Waals surface area contributed by atoms with Gasteiger partial charge in [-0.05, 0) is 18.4 Å². The highest BCUT2D eigenvalue weighted by Gasteiger charge is 2.26. The molecule has 1 aromatic heterocycles. The van der Waals surface area contributed by atoms with Crippen LogP contribution in [0.25, 0.3) is 0 Å². The molecule has 1 aromatic rings. The average Bonchev–Trinajstić information content (AvgIpc) is 3.00. The lowest BCUT2D eigenvalue weighted by Gasteiger charge is -2.17. The summed E-state index contributed by atoms with van der Waals surface area (Å²) in [5.41, 5.74) is 0. The van der Waals surface area contributed by atoms with E-state index in [0.29, 0.717) is 6.54 Å². The lowest BCUT2D eigenvalue weighted by molar-refractivity contribution is -0.132. The van der Waals surface area contributed by atoms with Crippen LogP contribution in [-0.4, -0.2) is 58.1 Å². The van der Waals surface area contributed by atoms with Gasteiger partial charge in [0.25, 0.3) is 10.0 Å². The van der Waals surface area contributed by atoms with Gasteiger partial charge in [0.15, 0.2) is 5.96 Å². The van der Waals surface area contributed by atoms with Crippen LogP contribution in [0.4, 0.5) is 13.2 Å². The van der Waals surface area contributed by atoms with Crippen molar-refractivity contribution in [3.05, 3.63) is 17.5 Å². The van der Waals surface area contributed by atoms with Crippen LogP contribution in [0.2, 0.25) is 0 Å². The van der Waals surface area contributed by atoms with Crippen molar-refractivity contribution in [2.75, 3.05) is 33.2 Å². The van der Waals surface area contributed by atoms with Crippen molar-refractivity contribution in [3.63, 3.8) is 0 Å². The van der Waals surface area contributed by atoms with Crippen LogP contribution in [0.3, 0.4) is 0 Å². The summed E-state index contributed by atoms with van der Waals surface area (Å²) in [5.74, 6) is 0.226. The molecule has 0 aliphatic carbocycles. The molecule has 0 aliphatic heterocycles. The van der Waals surface area contributed by atoms with E-state index in [2.05, 4.69) is 15.6 Å². The molecule has 0 aromatic carbocycles. The minimum atomic E-state index is -4.25. The molecule has 0 saturated carbocycles. The van der Waals surface area contributed by atoms with Crippen molar-refractivity contribution in [2.45, 2.75) is 23.7 Å². The first kappa shape index (κ1) is 24.4. The first-order valence-electron chi connectivity index (χ1n) is 7.25. The number of nitrogens with one attached hydrogen (secondary N) is 2. The molecule has 0 amide bonds. The summed E-state index contributed by atoms with van der Waals surface area (Å²) in [6.07, 6.45) is -5.26. The van der Waals surface area contributed by atoms with E-state index in [1.165, 1.54) is 17.4 Å². The van der Waals surface area contributed by atoms with Gasteiger partial charge in [0, 0.05) is 26.7 Å². The third kappa shape index (κ3) is 9.06. The first-order valence-corrected chi connectivity index (χ1v) is 9.57. The summed E-state index contributed by atoms with van der Waals surface area (Å²) in [5, 5.41) is 7.31. The van der Waals surface area contributed by atoms with Crippen molar-refractivity contribution < 1.29 is 21.6 Å². The number of thiophene rings is 1. The van der Waals surface area contributed by atoms with Gasteiger partial charge in [-0.2, -0.15) is 17.5 Å². The quantitative estimate of drug-likeness (QED) is 0.318. The summed E-state index contributed by atoms with van der Waals surface area (Å²) in [6.45, 7) is 2.26. The molecule has 0 aliphatic rings. The fraction of sp³-hybridized carbons (Fsp3) is 0.615. The van der Waals surface area contributed by atoms with Crippen molar-refractivity contribution in [1.82, 2.24) is 14.9 Å². The van der Waals surface area contributed by atoms with Gasteiger partial charge in [-0.15, -0.1) is 35.3 Å². The highest BCUT2D eigenvalue weighted by molar-refractivity contribution is 14.0. The number of sulfonamides is 1. The van der Waals surface area contributed by atoms with Crippen LogP contribution in [0.5, 0.6) is 0 Å². The molecule has 1 heterocycles. The zero-order chi connectivity index (χ0) is 18.2. The van der Waals surface area contributed by atoms with Crippen LogP contribution in [-0.2, 0) is 10.0 Å². The molecule has 0 bridgehead atoms. The molecule has 2 N–H and O–H groups in total. The van der Waals surface area contributed by atoms with Gasteiger partial charge in [-0.1, -0.05) is 6.07 Å². The Morgan fingerprint density at radius 1 is 1.36 bits per heavy atom. The van der Waals surface area contributed by atoms with Crippen molar-refractivity contribution >= 4 is 51.3 Å². The van der Waals surface area contributed by atoms with Crippen LogP contribution in [0.15, 0.2) is 26.7 Å². The Kier molecular flexibility index (Phi) is 10.9. The fourth-order valence-corrected chi connectivity index (χ4v) is 4.02. The second kappa shape index (κ2) is 11.2. The molecule has 25 heavy (non-hydrogen) atoms. The number of likely N-dealkylation sites (N-methyl/N-ethyl adjacent to an activating group) is 1. The first-order chi connectivity index (χ1) is 11.2. The normalized spacial score (nSPS) is 12.8. The standard InChI is InChI=1S/C13H21F3N4O2S2.HI/c1-3-17-12(18-7-6-13(14,15)16)19-8-9-20(2)24(21,22)11-5-4-10-23-11;/h4-5,10H,3,6-9H2,1-2H3,(H2,17,18,19);1H. The summed E-state index contributed by atoms with van der Waals surface area (Å²) in [4.78, 5) is 3.82. The lowest BCUT2D eigenvalue weighted by Crippen LogP contribution is -2.42. The number of hydrogen-bond acceptors (Lipinski definition) is 4. The van der Waals surface area contributed by atoms with E-state index in [4.69, 9.17) is 0 Å². The molecule has 0 atom stereocenters. The minimum Gasteiger partial charge on any atom is -0.357 e. The second-order valence-corrected chi connectivity index (χ2v) is 8.03. The van der Waals surface area contributed by atoms with Crippen LogP contribution >= 0.6 is 35.3 Å². The summed E-state index contributed by atoms with van der Waals surface area (Å²) in [7, 11) is -2.09. The molecule has 0 fully saturated rings. The summed E-state index contributed by atoms with van der Waals surface area (Å²) < 4.78 is 62.3. The highest BCUT2D eigenvalue weighted by atomic mass is 127. The Labute approximate surface area is 167 Å². The van der Waals surface area contributed by atoms with Crippen LogP contribution in [0.1, 0.15) is 13.3 Å². The van der Waals surface area contributed by atoms with Crippen molar-refractivity contribution in [3.8, 4) is 0 Å². The molecule has 146 valence electrons. The number of nitrogens with zero attached hydrogens (tertiary/aromatic N) is 2. The monoisotopic (exact) mass is 514 g/mol.